The van der Waals surface area contributed by atoms with Crippen molar-refractivity contribution >= 4 is 17.7 Å². The average molecular weight is 514 g/mol. The number of aliphatic hydroxyl groups excluding tert-OH is 4. The average Bonchev–Trinajstić information content (AvgIpc) is 2.84. The van der Waals surface area contributed by atoms with Crippen molar-refractivity contribution in [1.29, 1.82) is 0 Å². The molecule has 15 heteroatoms. The van der Waals surface area contributed by atoms with Crippen LogP contribution in [0, 0.1) is 0 Å². The monoisotopic (exact) mass is 514 g/mol. The maximum absolute atomic E-state index is 12.0. The molecule has 0 bridgehead atoms. The molecule has 0 aliphatic heterocycles. The van der Waals surface area contributed by atoms with Crippen LogP contribution in [-0.2, 0) is 14.3 Å². The van der Waals surface area contributed by atoms with Gasteiger partial charge in [-0.1, -0.05) is 0 Å². The predicted molar refractivity (Wildman–Crippen MR) is 112 cm³/mol. The van der Waals surface area contributed by atoms with E-state index in [1.807, 2.05) is 0 Å². The Morgan fingerprint density at radius 3 is 1.44 bits per heavy atom. The normalized spacial score (nSPS) is 14.3. The third-order valence-corrected chi connectivity index (χ3v) is 4.74. The summed E-state index contributed by atoms with van der Waals surface area (Å²) in [4.78, 5) is 35.9. The Hall–Kier alpha value is -4.31. The summed E-state index contributed by atoms with van der Waals surface area (Å²) in [7, 11) is 0. The number of benzene rings is 2. The molecule has 2 rings (SSSR count). The van der Waals surface area contributed by atoms with Crippen molar-refractivity contribution in [3.8, 4) is 34.5 Å². The molecule has 0 saturated carbocycles. The molecule has 0 aliphatic carbocycles. The van der Waals surface area contributed by atoms with Gasteiger partial charge >= 0.3 is 11.9 Å². The third kappa shape index (κ3) is 6.42. The molecule has 10 N–H and O–H groups in total. The maximum atomic E-state index is 12.0. The van der Waals surface area contributed by atoms with Gasteiger partial charge in [0.2, 0.25) is 5.78 Å². The van der Waals surface area contributed by atoms with E-state index in [0.29, 0.717) is 0 Å². The molecule has 0 radical (unpaired) electrons. The Morgan fingerprint density at radius 2 is 1.03 bits per heavy atom. The van der Waals surface area contributed by atoms with Crippen molar-refractivity contribution in [1.82, 2.24) is 0 Å². The molecule has 0 aliphatic rings. The standard InChI is InChI=1S/C21H22O15/c22-9-1-7(2-10(23)15(9)28)20(33)35-5-13(26)17(30)19(32)18(31)14(27)6-36-21(34)8-3-11(24)16(29)12(25)4-8/h1-4,13,17-19,22-26,28-32H,5-6H2/t13-,17-,18-,19-/m1/s1. The number of carbonyl (C=O) groups excluding carboxylic acids is 3. The highest BCUT2D eigenvalue weighted by Crippen LogP contribution is 2.36. The van der Waals surface area contributed by atoms with Crippen molar-refractivity contribution in [3.05, 3.63) is 35.4 Å². The van der Waals surface area contributed by atoms with Gasteiger partial charge in [0.05, 0.1) is 11.1 Å². The summed E-state index contributed by atoms with van der Waals surface area (Å²) in [6.45, 7) is -2.13. The lowest BCUT2D eigenvalue weighted by atomic mass is 10.0. The van der Waals surface area contributed by atoms with Crippen LogP contribution in [0.1, 0.15) is 20.7 Å². The first-order valence-corrected chi connectivity index (χ1v) is 9.83. The molecule has 196 valence electrons. The van der Waals surface area contributed by atoms with Crippen LogP contribution in [0.4, 0.5) is 0 Å². The number of aliphatic hydroxyl groups is 4. The van der Waals surface area contributed by atoms with Crippen LogP contribution in [0.15, 0.2) is 24.3 Å². The lowest BCUT2D eigenvalue weighted by molar-refractivity contribution is -0.149. The zero-order valence-corrected chi connectivity index (χ0v) is 18.0. The highest BCUT2D eigenvalue weighted by Gasteiger charge is 2.35. The van der Waals surface area contributed by atoms with Gasteiger partial charge in [-0.3, -0.25) is 4.79 Å². The largest absolute Gasteiger partial charge is 0.504 e. The second kappa shape index (κ2) is 11.4. The van der Waals surface area contributed by atoms with Crippen LogP contribution in [0.5, 0.6) is 34.5 Å². The number of hydrogen-bond donors (Lipinski definition) is 10. The molecule has 15 nitrogen and oxygen atoms in total. The van der Waals surface area contributed by atoms with E-state index in [1.54, 1.807) is 0 Å². The topological polar surface area (TPSA) is 272 Å². The van der Waals surface area contributed by atoms with Gasteiger partial charge in [-0.25, -0.2) is 9.59 Å². The van der Waals surface area contributed by atoms with Gasteiger partial charge in [0.15, 0.2) is 41.1 Å². The summed E-state index contributed by atoms with van der Waals surface area (Å²) in [5.41, 5.74) is -0.921. The van der Waals surface area contributed by atoms with Gasteiger partial charge in [0.25, 0.3) is 0 Å². The number of phenolic OH excluding ortho intramolecular Hbond substituents is 6. The minimum atomic E-state index is -2.38. The number of esters is 2. The molecule has 0 heterocycles. The molecule has 0 aromatic heterocycles. The fraction of sp³-hybridized carbons (Fsp3) is 0.286. The van der Waals surface area contributed by atoms with Crippen LogP contribution in [0.25, 0.3) is 0 Å². The highest BCUT2D eigenvalue weighted by molar-refractivity contribution is 5.94. The molecular weight excluding hydrogens is 492 g/mol. The Kier molecular flexibility index (Phi) is 8.85. The zero-order chi connectivity index (χ0) is 27.3. The lowest BCUT2D eigenvalue weighted by Gasteiger charge is -2.25. The number of rotatable bonds is 10. The highest BCUT2D eigenvalue weighted by atomic mass is 16.5. The van der Waals surface area contributed by atoms with Crippen LogP contribution in [0.3, 0.4) is 0 Å². The lowest BCUT2D eigenvalue weighted by Crippen LogP contribution is -2.49. The van der Waals surface area contributed by atoms with Gasteiger partial charge in [0.1, 0.15) is 31.0 Å². The first kappa shape index (κ1) is 27.9. The van der Waals surface area contributed by atoms with E-state index in [0.717, 1.165) is 24.3 Å². The zero-order valence-electron chi connectivity index (χ0n) is 18.0. The Morgan fingerprint density at radius 1 is 0.639 bits per heavy atom. The van der Waals surface area contributed by atoms with Gasteiger partial charge in [-0.05, 0) is 24.3 Å². The molecule has 0 fully saturated rings. The predicted octanol–water partition coefficient (Wildman–Crippen LogP) is -2.05. The number of phenols is 6. The van der Waals surface area contributed by atoms with Gasteiger partial charge < -0.3 is 60.5 Å². The van der Waals surface area contributed by atoms with Crippen LogP contribution < -0.4 is 0 Å². The van der Waals surface area contributed by atoms with Gasteiger partial charge in [-0.2, -0.15) is 0 Å². The number of hydrogen-bond acceptors (Lipinski definition) is 15. The Labute approximate surface area is 200 Å². The molecule has 0 spiro atoms. The molecular formula is C21H22O15. The van der Waals surface area contributed by atoms with E-state index in [4.69, 9.17) is 0 Å². The maximum Gasteiger partial charge on any atom is 0.338 e. The summed E-state index contributed by atoms with van der Waals surface area (Å²) < 4.78 is 9.22. The number of carbonyl (C=O) groups is 3. The molecule has 36 heavy (non-hydrogen) atoms. The van der Waals surface area contributed by atoms with Crippen LogP contribution in [-0.4, -0.2) is 106 Å². The van der Waals surface area contributed by atoms with Gasteiger partial charge in [0, 0.05) is 0 Å². The molecule has 0 amide bonds. The molecule has 2 aromatic rings. The second-order valence-corrected chi connectivity index (χ2v) is 7.36. The first-order chi connectivity index (χ1) is 16.7. The Balaban J connectivity index is 1.90. The van der Waals surface area contributed by atoms with Crippen molar-refractivity contribution in [2.24, 2.45) is 0 Å². The van der Waals surface area contributed by atoms with E-state index in [9.17, 15) is 65.4 Å². The summed E-state index contributed by atoms with van der Waals surface area (Å²) in [6.07, 6.45) is -9.02. The van der Waals surface area contributed by atoms with E-state index in [-0.39, 0.29) is 0 Å². The van der Waals surface area contributed by atoms with Crippen molar-refractivity contribution in [2.45, 2.75) is 24.4 Å². The molecule has 2 aromatic carbocycles. The number of ketones is 1. The minimum Gasteiger partial charge on any atom is -0.504 e. The number of Topliss-reactive ketones (excluding diaryl/α,β-unsaturated/α-hetero) is 1. The van der Waals surface area contributed by atoms with E-state index in [2.05, 4.69) is 9.47 Å². The summed E-state index contributed by atoms with van der Waals surface area (Å²) >= 11 is 0. The van der Waals surface area contributed by atoms with Gasteiger partial charge in [-0.15, -0.1) is 0 Å². The molecule has 4 atom stereocenters. The molecule has 0 unspecified atom stereocenters. The number of ether oxygens (including phenoxy) is 2. The van der Waals surface area contributed by atoms with Crippen LogP contribution in [0.2, 0.25) is 0 Å². The van der Waals surface area contributed by atoms with Crippen LogP contribution >= 0.6 is 0 Å². The van der Waals surface area contributed by atoms with E-state index in [1.165, 1.54) is 0 Å². The Bertz CT molecular complexity index is 1100. The summed E-state index contributed by atoms with van der Waals surface area (Å²) in [6, 6.07) is 2.91. The summed E-state index contributed by atoms with van der Waals surface area (Å²) in [5, 5.41) is 95.8. The fourth-order valence-corrected chi connectivity index (χ4v) is 2.70. The quantitative estimate of drug-likeness (QED) is 0.121. The van der Waals surface area contributed by atoms with E-state index >= 15 is 0 Å². The third-order valence-electron chi connectivity index (χ3n) is 4.74. The van der Waals surface area contributed by atoms with E-state index < -0.39 is 101 Å². The van der Waals surface area contributed by atoms with Crippen molar-refractivity contribution in [3.63, 3.8) is 0 Å². The minimum absolute atomic E-state index is 0.447. The van der Waals surface area contributed by atoms with Crippen molar-refractivity contribution < 1.29 is 74.9 Å². The SMILES string of the molecule is O=C(OCC(=O)[C@@H](O)[C@H](O)[C@H](O)[C@H](O)COC(=O)c1cc(O)c(O)c(O)c1)c1cc(O)c(O)c(O)c1. The smallest absolute Gasteiger partial charge is 0.338 e. The second-order valence-electron chi connectivity index (χ2n) is 7.36. The van der Waals surface area contributed by atoms with Crippen molar-refractivity contribution in [2.75, 3.05) is 13.2 Å². The fourth-order valence-electron chi connectivity index (χ4n) is 2.70. The molecule has 0 saturated heterocycles. The first-order valence-electron chi connectivity index (χ1n) is 9.83. The summed E-state index contributed by atoms with van der Waals surface area (Å²) in [5.74, 6) is -9.04. The number of aromatic hydroxyl groups is 6.